The Morgan fingerprint density at radius 2 is 1.72 bits per heavy atom. The predicted octanol–water partition coefficient (Wildman–Crippen LogP) is 3.18. The van der Waals surface area contributed by atoms with Gasteiger partial charge in [-0.3, -0.25) is 14.2 Å². The summed E-state index contributed by atoms with van der Waals surface area (Å²) in [5, 5.41) is 5.04. The van der Waals surface area contributed by atoms with Crippen LogP contribution in [0.2, 0.25) is 5.02 Å². The fourth-order valence-corrected chi connectivity index (χ4v) is 4.00. The highest BCUT2D eigenvalue weighted by Gasteiger charge is 2.17. The number of amides is 1. The second-order valence-corrected chi connectivity index (χ2v) is 7.74. The van der Waals surface area contributed by atoms with Crippen LogP contribution in [-0.2, 0) is 17.9 Å². The Hall–Kier alpha value is -3.16. The number of aromatic nitrogens is 2. The molecule has 0 spiro atoms. The SMILES string of the molecule is O=C(Cn1c(=O)n(-c2ccc(Cl)cc2)c(=O)c2sccc21)NCc1ccccc1. The van der Waals surface area contributed by atoms with Crippen LogP contribution in [0.15, 0.2) is 75.6 Å². The Kier molecular flexibility index (Phi) is 5.33. The lowest BCUT2D eigenvalue weighted by molar-refractivity contribution is -0.121. The van der Waals surface area contributed by atoms with Crippen molar-refractivity contribution in [2.75, 3.05) is 0 Å². The fraction of sp³-hybridized carbons (Fsp3) is 0.0952. The number of hydrogen-bond acceptors (Lipinski definition) is 4. The van der Waals surface area contributed by atoms with E-state index in [0.717, 1.165) is 10.1 Å². The number of thiophene rings is 1. The van der Waals surface area contributed by atoms with Gasteiger partial charge in [0.15, 0.2) is 0 Å². The summed E-state index contributed by atoms with van der Waals surface area (Å²) in [6.07, 6.45) is 0. The maximum Gasteiger partial charge on any atom is 0.336 e. The summed E-state index contributed by atoms with van der Waals surface area (Å²) in [5.41, 5.74) is 0.824. The second-order valence-electron chi connectivity index (χ2n) is 6.38. The Morgan fingerprint density at radius 3 is 2.45 bits per heavy atom. The van der Waals surface area contributed by atoms with Gasteiger partial charge in [0.2, 0.25) is 5.91 Å². The summed E-state index contributed by atoms with van der Waals surface area (Å²) in [4.78, 5) is 38.5. The molecule has 1 N–H and O–H groups in total. The van der Waals surface area contributed by atoms with Crippen LogP contribution in [0.5, 0.6) is 0 Å². The van der Waals surface area contributed by atoms with Crippen LogP contribution in [0.1, 0.15) is 5.56 Å². The molecule has 1 amide bonds. The van der Waals surface area contributed by atoms with Crippen molar-refractivity contribution in [3.8, 4) is 5.69 Å². The molecule has 0 aliphatic heterocycles. The van der Waals surface area contributed by atoms with Crippen LogP contribution in [0.4, 0.5) is 0 Å². The molecule has 0 radical (unpaired) electrons. The highest BCUT2D eigenvalue weighted by Crippen LogP contribution is 2.17. The number of halogens is 1. The average Bonchev–Trinajstić information content (AvgIpc) is 3.22. The minimum atomic E-state index is -0.571. The number of rotatable bonds is 5. The fourth-order valence-electron chi connectivity index (χ4n) is 3.05. The van der Waals surface area contributed by atoms with E-state index in [0.29, 0.717) is 27.5 Å². The molecule has 29 heavy (non-hydrogen) atoms. The van der Waals surface area contributed by atoms with Gasteiger partial charge in [-0.25, -0.2) is 9.36 Å². The molecule has 146 valence electrons. The normalized spacial score (nSPS) is 10.9. The summed E-state index contributed by atoms with van der Waals surface area (Å²) in [6, 6.07) is 17.6. The molecular weight excluding hydrogens is 410 g/mol. The number of fused-ring (bicyclic) bond motifs is 1. The molecule has 0 aliphatic carbocycles. The Morgan fingerprint density at radius 1 is 1.00 bits per heavy atom. The van der Waals surface area contributed by atoms with Crippen molar-refractivity contribution in [1.82, 2.24) is 14.5 Å². The summed E-state index contributed by atoms with van der Waals surface area (Å²) in [5.74, 6) is -0.315. The van der Waals surface area contributed by atoms with Crippen LogP contribution in [0.3, 0.4) is 0 Å². The van der Waals surface area contributed by atoms with Crippen LogP contribution >= 0.6 is 22.9 Å². The molecule has 0 atom stereocenters. The van der Waals surface area contributed by atoms with Gasteiger partial charge in [0.25, 0.3) is 5.56 Å². The zero-order valence-corrected chi connectivity index (χ0v) is 16.7. The van der Waals surface area contributed by atoms with E-state index in [1.165, 1.54) is 15.9 Å². The number of nitrogens with zero attached hydrogens (tertiary/aromatic N) is 2. The quantitative estimate of drug-likeness (QED) is 0.533. The third-order valence-corrected chi connectivity index (χ3v) is 5.62. The van der Waals surface area contributed by atoms with Gasteiger partial charge in [-0.05, 0) is 41.3 Å². The van der Waals surface area contributed by atoms with Gasteiger partial charge in [0.05, 0.1) is 11.2 Å². The lowest BCUT2D eigenvalue weighted by Gasteiger charge is -2.12. The number of carbonyl (C=O) groups is 1. The van der Waals surface area contributed by atoms with E-state index in [2.05, 4.69) is 5.32 Å². The van der Waals surface area contributed by atoms with Crippen LogP contribution in [0.25, 0.3) is 15.9 Å². The lowest BCUT2D eigenvalue weighted by Crippen LogP contribution is -2.41. The highest BCUT2D eigenvalue weighted by molar-refractivity contribution is 7.17. The minimum Gasteiger partial charge on any atom is -0.350 e. The van der Waals surface area contributed by atoms with E-state index in [1.807, 2.05) is 30.3 Å². The number of hydrogen-bond donors (Lipinski definition) is 1. The number of nitrogens with one attached hydrogen (secondary N) is 1. The topological polar surface area (TPSA) is 73.1 Å². The number of carbonyl (C=O) groups excluding carboxylic acids is 1. The standard InChI is InChI=1S/C21H16ClN3O3S/c22-15-6-8-16(9-7-15)25-20(27)19-17(10-11-29-19)24(21(25)28)13-18(26)23-12-14-4-2-1-3-5-14/h1-11H,12-13H2,(H,23,26). The van der Waals surface area contributed by atoms with E-state index in [9.17, 15) is 14.4 Å². The Labute approximate surface area is 174 Å². The van der Waals surface area contributed by atoms with Gasteiger partial charge < -0.3 is 5.32 Å². The van der Waals surface area contributed by atoms with Crippen molar-refractivity contribution in [2.24, 2.45) is 0 Å². The zero-order chi connectivity index (χ0) is 20.4. The van der Waals surface area contributed by atoms with Crippen LogP contribution in [-0.4, -0.2) is 15.0 Å². The van der Waals surface area contributed by atoms with Crippen molar-refractivity contribution >= 4 is 39.1 Å². The van der Waals surface area contributed by atoms with Crippen molar-refractivity contribution in [2.45, 2.75) is 13.1 Å². The Balaban J connectivity index is 1.71. The van der Waals surface area contributed by atoms with Gasteiger partial charge in [-0.1, -0.05) is 41.9 Å². The van der Waals surface area contributed by atoms with E-state index in [4.69, 9.17) is 11.6 Å². The van der Waals surface area contributed by atoms with Crippen molar-refractivity contribution < 1.29 is 4.79 Å². The molecule has 2 heterocycles. The van der Waals surface area contributed by atoms with Crippen molar-refractivity contribution in [1.29, 1.82) is 0 Å². The molecule has 6 nitrogen and oxygen atoms in total. The average molecular weight is 426 g/mol. The van der Waals surface area contributed by atoms with Crippen LogP contribution in [0, 0.1) is 0 Å². The highest BCUT2D eigenvalue weighted by atomic mass is 35.5. The van der Waals surface area contributed by atoms with Gasteiger partial charge in [-0.2, -0.15) is 0 Å². The van der Waals surface area contributed by atoms with E-state index < -0.39 is 11.2 Å². The summed E-state index contributed by atoms with van der Waals surface area (Å²) < 4.78 is 2.80. The molecule has 0 saturated carbocycles. The maximum absolute atomic E-state index is 13.1. The second kappa shape index (κ2) is 8.06. The van der Waals surface area contributed by atoms with Crippen molar-refractivity contribution in [3.05, 3.63) is 97.5 Å². The molecule has 2 aromatic carbocycles. The lowest BCUT2D eigenvalue weighted by atomic mass is 10.2. The summed E-state index contributed by atoms with van der Waals surface area (Å²) >= 11 is 7.16. The zero-order valence-electron chi connectivity index (χ0n) is 15.2. The first kappa shape index (κ1) is 19.2. The molecule has 0 bridgehead atoms. The molecule has 0 unspecified atom stereocenters. The molecule has 0 fully saturated rings. The molecule has 4 aromatic rings. The minimum absolute atomic E-state index is 0.188. The summed E-state index contributed by atoms with van der Waals surface area (Å²) in [6.45, 7) is 0.171. The molecular formula is C21H16ClN3O3S. The predicted molar refractivity (Wildman–Crippen MR) is 115 cm³/mol. The largest absolute Gasteiger partial charge is 0.350 e. The van der Waals surface area contributed by atoms with Crippen molar-refractivity contribution in [3.63, 3.8) is 0 Å². The Bertz CT molecular complexity index is 1290. The maximum atomic E-state index is 13.1. The smallest absolute Gasteiger partial charge is 0.336 e. The van der Waals surface area contributed by atoms with Gasteiger partial charge >= 0.3 is 5.69 Å². The monoisotopic (exact) mass is 425 g/mol. The third kappa shape index (κ3) is 3.87. The van der Waals surface area contributed by atoms with E-state index >= 15 is 0 Å². The summed E-state index contributed by atoms with van der Waals surface area (Å²) in [7, 11) is 0. The molecule has 8 heteroatoms. The third-order valence-electron chi connectivity index (χ3n) is 4.47. The molecule has 4 rings (SSSR count). The molecule has 0 saturated heterocycles. The van der Waals surface area contributed by atoms with Gasteiger partial charge in [-0.15, -0.1) is 11.3 Å². The first-order chi connectivity index (χ1) is 14.0. The molecule has 0 aliphatic rings. The van der Waals surface area contributed by atoms with Gasteiger partial charge in [0, 0.05) is 11.6 Å². The van der Waals surface area contributed by atoms with Crippen LogP contribution < -0.4 is 16.6 Å². The number of benzene rings is 2. The van der Waals surface area contributed by atoms with Gasteiger partial charge in [0.1, 0.15) is 11.2 Å². The van der Waals surface area contributed by atoms with E-state index in [1.54, 1.807) is 35.7 Å². The molecule has 2 aromatic heterocycles. The van der Waals surface area contributed by atoms with E-state index in [-0.39, 0.29) is 12.5 Å². The first-order valence-corrected chi connectivity index (χ1v) is 10.1. The first-order valence-electron chi connectivity index (χ1n) is 8.84.